The third-order valence-electron chi connectivity index (χ3n) is 5.03. The van der Waals surface area contributed by atoms with Crippen molar-refractivity contribution in [3.05, 3.63) is 52.7 Å². The van der Waals surface area contributed by atoms with E-state index >= 15 is 0 Å². The number of hydrogen-bond acceptors (Lipinski definition) is 4. The van der Waals surface area contributed by atoms with Gasteiger partial charge in [0, 0.05) is 18.2 Å². The van der Waals surface area contributed by atoms with E-state index in [-0.39, 0.29) is 23.9 Å². The molecule has 2 aliphatic rings. The summed E-state index contributed by atoms with van der Waals surface area (Å²) in [7, 11) is 0. The summed E-state index contributed by atoms with van der Waals surface area (Å²) in [5.74, 6) is -0.0977. The van der Waals surface area contributed by atoms with Crippen LogP contribution in [0.2, 0.25) is 0 Å². The molecule has 2 heterocycles. The Labute approximate surface area is 145 Å². The fourth-order valence-corrected chi connectivity index (χ4v) is 3.66. The number of rotatable bonds is 3. The summed E-state index contributed by atoms with van der Waals surface area (Å²) in [6.45, 7) is 0.557. The van der Waals surface area contributed by atoms with Gasteiger partial charge in [0.25, 0.3) is 5.91 Å². The zero-order chi connectivity index (χ0) is 17.2. The van der Waals surface area contributed by atoms with Crippen molar-refractivity contribution < 1.29 is 18.4 Å². The molecule has 1 amide bonds. The second-order valence-corrected chi connectivity index (χ2v) is 6.75. The highest BCUT2D eigenvalue weighted by molar-refractivity contribution is 5.93. The van der Waals surface area contributed by atoms with Crippen molar-refractivity contribution in [1.29, 1.82) is 0 Å². The molecule has 0 saturated carbocycles. The van der Waals surface area contributed by atoms with Gasteiger partial charge in [-0.3, -0.25) is 4.79 Å². The molecule has 1 saturated heterocycles. The molecule has 0 spiro atoms. The van der Waals surface area contributed by atoms with Crippen LogP contribution < -0.4 is 5.32 Å². The first-order valence-electron chi connectivity index (χ1n) is 8.86. The van der Waals surface area contributed by atoms with Crippen molar-refractivity contribution in [2.75, 3.05) is 6.61 Å². The van der Waals surface area contributed by atoms with E-state index in [0.717, 1.165) is 48.9 Å². The van der Waals surface area contributed by atoms with Gasteiger partial charge in [0.15, 0.2) is 0 Å². The Hall–Kier alpha value is -2.21. The number of benzene rings is 1. The Morgan fingerprint density at radius 3 is 2.84 bits per heavy atom. The van der Waals surface area contributed by atoms with Gasteiger partial charge >= 0.3 is 0 Å². The summed E-state index contributed by atoms with van der Waals surface area (Å²) in [6, 6.07) is 6.33. The number of hydrogen-bond donors (Lipinski definition) is 1. The number of carbonyl (C=O) groups excluding carboxylic acids is 1. The molecule has 2 atom stereocenters. The molecule has 6 heteroatoms. The topological polar surface area (TPSA) is 64.4 Å². The highest BCUT2D eigenvalue weighted by atomic mass is 19.1. The van der Waals surface area contributed by atoms with E-state index in [1.165, 1.54) is 12.1 Å². The highest BCUT2D eigenvalue weighted by Crippen LogP contribution is 2.29. The number of nitrogens with one attached hydrogen (secondary N) is 1. The van der Waals surface area contributed by atoms with E-state index < -0.39 is 0 Å². The van der Waals surface area contributed by atoms with Crippen LogP contribution >= 0.6 is 0 Å². The Bertz CT molecular complexity index is 757. The molecule has 1 aliphatic carbocycles. The van der Waals surface area contributed by atoms with Crippen molar-refractivity contribution in [2.45, 2.75) is 50.7 Å². The maximum absolute atomic E-state index is 13.1. The van der Waals surface area contributed by atoms with Crippen molar-refractivity contribution in [1.82, 2.24) is 10.5 Å². The number of carbonyl (C=O) groups is 1. The fraction of sp³-hybridized carbons (Fsp3) is 0.474. The Balaban J connectivity index is 1.43. The van der Waals surface area contributed by atoms with Crippen LogP contribution in [0.15, 0.2) is 28.8 Å². The van der Waals surface area contributed by atoms with E-state index in [4.69, 9.17) is 9.26 Å². The van der Waals surface area contributed by atoms with Crippen LogP contribution in [0.4, 0.5) is 4.39 Å². The van der Waals surface area contributed by atoms with Crippen LogP contribution in [-0.4, -0.2) is 23.7 Å². The molecule has 0 radical (unpaired) electrons. The minimum absolute atomic E-state index is 0.000596. The number of ether oxygens (including phenoxy) is 1. The van der Waals surface area contributed by atoms with Gasteiger partial charge in [0.2, 0.25) is 5.76 Å². The largest absolute Gasteiger partial charge is 0.373 e. The van der Waals surface area contributed by atoms with E-state index in [1.807, 2.05) is 0 Å². The second kappa shape index (κ2) is 6.96. The number of nitrogens with zero attached hydrogens (tertiary/aromatic N) is 1. The van der Waals surface area contributed by atoms with Gasteiger partial charge in [0.1, 0.15) is 5.82 Å². The lowest BCUT2D eigenvalue weighted by Gasteiger charge is -2.30. The average Bonchev–Trinajstić information content (AvgIpc) is 3.07. The number of halogens is 1. The van der Waals surface area contributed by atoms with E-state index in [9.17, 15) is 9.18 Å². The van der Waals surface area contributed by atoms with Crippen molar-refractivity contribution in [2.24, 2.45) is 0 Å². The van der Waals surface area contributed by atoms with Crippen LogP contribution in [0.5, 0.6) is 0 Å². The number of aromatic nitrogens is 1. The second-order valence-electron chi connectivity index (χ2n) is 6.75. The SMILES string of the molecule is O=C(NC1CCOC(c2ccc(F)cc2)C1)c1onc2c1CCCC2. The van der Waals surface area contributed by atoms with E-state index in [0.29, 0.717) is 18.8 Å². The van der Waals surface area contributed by atoms with Crippen LogP contribution in [0.3, 0.4) is 0 Å². The lowest BCUT2D eigenvalue weighted by atomic mass is 9.95. The summed E-state index contributed by atoms with van der Waals surface area (Å²) < 4.78 is 24.2. The Morgan fingerprint density at radius 1 is 1.20 bits per heavy atom. The first kappa shape index (κ1) is 16.3. The summed E-state index contributed by atoms with van der Waals surface area (Å²) >= 11 is 0. The Kier molecular flexibility index (Phi) is 4.53. The zero-order valence-electron chi connectivity index (χ0n) is 14.0. The Morgan fingerprint density at radius 2 is 2.00 bits per heavy atom. The highest BCUT2D eigenvalue weighted by Gasteiger charge is 2.29. The molecule has 2 aromatic rings. The molecular formula is C19H21FN2O3. The lowest BCUT2D eigenvalue weighted by molar-refractivity contribution is 0.000629. The summed E-state index contributed by atoms with van der Waals surface area (Å²) in [4.78, 5) is 12.6. The third kappa shape index (κ3) is 3.44. The number of aryl methyl sites for hydroxylation is 1. The first-order chi connectivity index (χ1) is 12.2. The molecule has 5 nitrogen and oxygen atoms in total. The van der Waals surface area contributed by atoms with Gasteiger partial charge in [-0.2, -0.15) is 0 Å². The van der Waals surface area contributed by atoms with E-state index in [2.05, 4.69) is 10.5 Å². The van der Waals surface area contributed by atoms with Gasteiger partial charge in [0.05, 0.1) is 11.8 Å². The summed E-state index contributed by atoms with van der Waals surface area (Å²) in [6.07, 6.45) is 5.18. The normalized spacial score (nSPS) is 23.1. The summed E-state index contributed by atoms with van der Waals surface area (Å²) in [5, 5.41) is 7.10. The van der Waals surface area contributed by atoms with Gasteiger partial charge in [-0.1, -0.05) is 17.3 Å². The minimum atomic E-state index is -0.264. The molecule has 4 rings (SSSR count). The number of amides is 1. The van der Waals surface area contributed by atoms with Gasteiger partial charge < -0.3 is 14.6 Å². The molecule has 1 aromatic carbocycles. The molecule has 132 valence electrons. The van der Waals surface area contributed by atoms with Crippen LogP contribution in [-0.2, 0) is 17.6 Å². The lowest BCUT2D eigenvalue weighted by Crippen LogP contribution is -2.40. The molecule has 0 bridgehead atoms. The molecule has 25 heavy (non-hydrogen) atoms. The van der Waals surface area contributed by atoms with Crippen LogP contribution in [0, 0.1) is 5.82 Å². The smallest absolute Gasteiger partial charge is 0.290 e. The number of fused-ring (bicyclic) bond motifs is 1. The molecule has 1 N–H and O–H groups in total. The van der Waals surface area contributed by atoms with Gasteiger partial charge in [-0.15, -0.1) is 0 Å². The maximum atomic E-state index is 13.1. The monoisotopic (exact) mass is 344 g/mol. The van der Waals surface area contributed by atoms with E-state index in [1.54, 1.807) is 12.1 Å². The molecule has 2 unspecified atom stereocenters. The van der Waals surface area contributed by atoms with Crippen molar-refractivity contribution in [3.8, 4) is 0 Å². The molecule has 1 aliphatic heterocycles. The molecular weight excluding hydrogens is 323 g/mol. The van der Waals surface area contributed by atoms with Crippen LogP contribution in [0.25, 0.3) is 0 Å². The quantitative estimate of drug-likeness (QED) is 0.927. The maximum Gasteiger partial charge on any atom is 0.290 e. The average molecular weight is 344 g/mol. The van der Waals surface area contributed by atoms with Gasteiger partial charge in [-0.25, -0.2) is 4.39 Å². The van der Waals surface area contributed by atoms with Crippen LogP contribution in [0.1, 0.15) is 59.2 Å². The zero-order valence-corrected chi connectivity index (χ0v) is 14.0. The molecule has 1 fully saturated rings. The third-order valence-corrected chi connectivity index (χ3v) is 5.03. The standard InChI is InChI=1S/C19H21FN2O3/c20-13-7-5-12(6-8-13)17-11-14(9-10-24-17)21-19(23)18-15-3-1-2-4-16(15)22-25-18/h5-8,14,17H,1-4,9-11H2,(H,21,23). The first-order valence-corrected chi connectivity index (χ1v) is 8.86. The van der Waals surface area contributed by atoms with Crippen molar-refractivity contribution >= 4 is 5.91 Å². The minimum Gasteiger partial charge on any atom is -0.373 e. The fourth-order valence-electron chi connectivity index (χ4n) is 3.66. The van der Waals surface area contributed by atoms with Crippen molar-refractivity contribution in [3.63, 3.8) is 0 Å². The molecule has 1 aromatic heterocycles. The predicted molar refractivity (Wildman–Crippen MR) is 88.7 cm³/mol. The van der Waals surface area contributed by atoms with Gasteiger partial charge in [-0.05, 0) is 56.2 Å². The summed E-state index contributed by atoms with van der Waals surface area (Å²) in [5.41, 5.74) is 2.82. The predicted octanol–water partition coefficient (Wildman–Crippen LogP) is 3.34.